The Morgan fingerprint density at radius 2 is 2.33 bits per heavy atom. The first-order valence-corrected chi connectivity index (χ1v) is 6.76. The average molecular weight is 289 g/mol. The average Bonchev–Trinajstić information content (AvgIpc) is 2.94. The molecule has 2 rings (SSSR count). The van der Waals surface area contributed by atoms with E-state index in [0.29, 0.717) is 15.8 Å². The van der Waals surface area contributed by atoms with Crippen LogP contribution >= 0.6 is 22.9 Å². The van der Waals surface area contributed by atoms with Crippen molar-refractivity contribution < 1.29 is 14.3 Å². The van der Waals surface area contributed by atoms with Crippen molar-refractivity contribution >= 4 is 34.9 Å². The third-order valence-electron chi connectivity index (χ3n) is 2.84. The Morgan fingerprint density at radius 1 is 1.56 bits per heavy atom. The lowest BCUT2D eigenvalue weighted by atomic mass is 10.2. The fourth-order valence-corrected chi connectivity index (χ4v) is 2.90. The van der Waals surface area contributed by atoms with E-state index in [1.165, 1.54) is 16.2 Å². The Kier molecular flexibility index (Phi) is 4.08. The van der Waals surface area contributed by atoms with Gasteiger partial charge in [-0.3, -0.25) is 0 Å². The number of rotatable bonds is 3. The molecular weight excluding hydrogens is 276 g/mol. The summed E-state index contributed by atoms with van der Waals surface area (Å²) in [5.41, 5.74) is 5.24. The molecule has 0 radical (unpaired) electrons. The molecule has 0 aliphatic carbocycles. The molecule has 1 aromatic heterocycles. The number of primary amides is 1. The minimum Gasteiger partial charge on any atom is -0.459 e. The van der Waals surface area contributed by atoms with Crippen LogP contribution in [-0.4, -0.2) is 36.1 Å². The summed E-state index contributed by atoms with van der Waals surface area (Å²) < 4.78 is 5.71. The fraction of sp³-hybridized carbons (Fsp3) is 0.455. The molecule has 2 heterocycles. The quantitative estimate of drug-likeness (QED) is 0.866. The number of urea groups is 1. The lowest BCUT2D eigenvalue weighted by Crippen LogP contribution is -2.41. The third kappa shape index (κ3) is 2.94. The minimum absolute atomic E-state index is 0.109. The van der Waals surface area contributed by atoms with E-state index in [1.54, 1.807) is 12.1 Å². The summed E-state index contributed by atoms with van der Waals surface area (Å²) in [5, 5.41) is 0. The number of carbonyl (C=O) groups excluding carboxylic acids is 2. The number of carbonyl (C=O) groups is 2. The maximum Gasteiger partial charge on any atom is 0.348 e. The first-order valence-electron chi connectivity index (χ1n) is 5.56. The van der Waals surface area contributed by atoms with E-state index < -0.39 is 12.0 Å². The van der Waals surface area contributed by atoms with Crippen LogP contribution in [0.4, 0.5) is 4.79 Å². The number of halogens is 1. The SMILES string of the molecule is NC(=O)N1CCC[C@@H]1COC(=O)c1ccc(Cl)s1. The number of hydrogen-bond acceptors (Lipinski definition) is 4. The van der Waals surface area contributed by atoms with E-state index in [0.717, 1.165) is 12.8 Å². The highest BCUT2D eigenvalue weighted by Gasteiger charge is 2.28. The Morgan fingerprint density at radius 3 is 2.94 bits per heavy atom. The molecule has 0 saturated carbocycles. The molecule has 1 aromatic rings. The van der Waals surface area contributed by atoms with E-state index in [1.807, 2.05) is 0 Å². The third-order valence-corrected chi connectivity index (χ3v) is 4.05. The molecule has 1 fully saturated rings. The van der Waals surface area contributed by atoms with Gasteiger partial charge < -0.3 is 15.4 Å². The van der Waals surface area contributed by atoms with E-state index in [2.05, 4.69) is 0 Å². The molecule has 1 saturated heterocycles. The van der Waals surface area contributed by atoms with Gasteiger partial charge in [0.25, 0.3) is 0 Å². The van der Waals surface area contributed by atoms with Gasteiger partial charge in [0.2, 0.25) is 0 Å². The molecule has 18 heavy (non-hydrogen) atoms. The molecular formula is C11H13ClN2O3S. The highest BCUT2D eigenvalue weighted by molar-refractivity contribution is 7.17. The maximum absolute atomic E-state index is 11.7. The van der Waals surface area contributed by atoms with Crippen LogP contribution in [0.15, 0.2) is 12.1 Å². The van der Waals surface area contributed by atoms with Gasteiger partial charge in [-0.1, -0.05) is 11.6 Å². The smallest absolute Gasteiger partial charge is 0.348 e. The number of nitrogens with zero attached hydrogens (tertiary/aromatic N) is 1. The van der Waals surface area contributed by atoms with Crippen LogP contribution in [0.25, 0.3) is 0 Å². The molecule has 1 atom stereocenters. The minimum atomic E-state index is -0.465. The molecule has 0 unspecified atom stereocenters. The van der Waals surface area contributed by atoms with Crippen molar-refractivity contribution in [3.8, 4) is 0 Å². The number of esters is 1. The Bertz CT molecular complexity index is 463. The van der Waals surface area contributed by atoms with Crippen LogP contribution < -0.4 is 5.73 Å². The number of ether oxygens (including phenoxy) is 1. The zero-order valence-corrected chi connectivity index (χ0v) is 11.2. The highest BCUT2D eigenvalue weighted by Crippen LogP contribution is 2.23. The number of hydrogen-bond donors (Lipinski definition) is 1. The Balaban J connectivity index is 1.88. The van der Waals surface area contributed by atoms with Gasteiger partial charge in [0, 0.05) is 6.54 Å². The number of thiophene rings is 1. The Labute approximate surface area is 113 Å². The molecule has 1 aliphatic rings. The number of likely N-dealkylation sites (tertiary alicyclic amines) is 1. The summed E-state index contributed by atoms with van der Waals surface area (Å²) in [5.74, 6) is -0.414. The van der Waals surface area contributed by atoms with Gasteiger partial charge in [-0.05, 0) is 25.0 Å². The van der Waals surface area contributed by atoms with Crippen molar-refractivity contribution in [2.75, 3.05) is 13.2 Å². The monoisotopic (exact) mass is 288 g/mol. The zero-order valence-electron chi connectivity index (χ0n) is 9.60. The summed E-state index contributed by atoms with van der Waals surface area (Å²) in [6.07, 6.45) is 1.69. The van der Waals surface area contributed by atoms with Crippen LogP contribution in [0, 0.1) is 0 Å². The molecule has 0 spiro atoms. The predicted octanol–water partition coefficient (Wildman–Crippen LogP) is 2.10. The topological polar surface area (TPSA) is 72.6 Å². The van der Waals surface area contributed by atoms with Crippen LogP contribution in [0.2, 0.25) is 4.34 Å². The van der Waals surface area contributed by atoms with Gasteiger partial charge in [-0.2, -0.15) is 0 Å². The largest absolute Gasteiger partial charge is 0.459 e. The van der Waals surface area contributed by atoms with E-state index in [4.69, 9.17) is 22.1 Å². The standard InChI is InChI=1S/C11H13ClN2O3S/c12-9-4-3-8(18-9)10(15)17-6-7-2-1-5-14(7)11(13)16/h3-4,7H,1-2,5-6H2,(H2,13,16)/t7-/m1/s1. The second-order valence-corrected chi connectivity index (χ2v) is 5.74. The van der Waals surface area contributed by atoms with Crippen LogP contribution in [-0.2, 0) is 4.74 Å². The fourth-order valence-electron chi connectivity index (χ4n) is 1.97. The van der Waals surface area contributed by atoms with Crippen LogP contribution in [0.1, 0.15) is 22.5 Å². The van der Waals surface area contributed by atoms with Gasteiger partial charge in [0.1, 0.15) is 11.5 Å². The zero-order chi connectivity index (χ0) is 13.1. The number of nitrogens with two attached hydrogens (primary N) is 1. The van der Waals surface area contributed by atoms with E-state index >= 15 is 0 Å². The molecule has 0 aromatic carbocycles. The lowest BCUT2D eigenvalue weighted by Gasteiger charge is -2.21. The van der Waals surface area contributed by atoms with Crippen molar-refractivity contribution in [3.05, 3.63) is 21.3 Å². The first-order chi connectivity index (χ1) is 8.58. The normalized spacial score (nSPS) is 18.9. The van der Waals surface area contributed by atoms with Crippen LogP contribution in [0.3, 0.4) is 0 Å². The first kappa shape index (κ1) is 13.2. The van der Waals surface area contributed by atoms with Gasteiger partial charge in [-0.25, -0.2) is 9.59 Å². The van der Waals surface area contributed by atoms with Crippen molar-refractivity contribution in [1.29, 1.82) is 0 Å². The van der Waals surface area contributed by atoms with Crippen molar-refractivity contribution in [1.82, 2.24) is 4.90 Å². The maximum atomic E-state index is 11.7. The second kappa shape index (κ2) is 5.58. The van der Waals surface area contributed by atoms with Gasteiger partial charge in [-0.15, -0.1) is 11.3 Å². The van der Waals surface area contributed by atoms with E-state index in [9.17, 15) is 9.59 Å². The van der Waals surface area contributed by atoms with E-state index in [-0.39, 0.29) is 12.6 Å². The summed E-state index contributed by atoms with van der Waals surface area (Å²) in [6, 6.07) is 2.69. The van der Waals surface area contributed by atoms with Gasteiger partial charge >= 0.3 is 12.0 Å². The summed E-state index contributed by atoms with van der Waals surface area (Å²) in [7, 11) is 0. The molecule has 98 valence electrons. The van der Waals surface area contributed by atoms with Gasteiger partial charge in [0.05, 0.1) is 10.4 Å². The molecule has 1 aliphatic heterocycles. The van der Waals surface area contributed by atoms with Crippen molar-refractivity contribution in [2.24, 2.45) is 5.73 Å². The molecule has 2 N–H and O–H groups in total. The molecule has 5 nitrogen and oxygen atoms in total. The summed E-state index contributed by atoms with van der Waals surface area (Å²) in [4.78, 5) is 24.8. The predicted molar refractivity (Wildman–Crippen MR) is 68.9 cm³/mol. The van der Waals surface area contributed by atoms with Crippen molar-refractivity contribution in [2.45, 2.75) is 18.9 Å². The molecule has 0 bridgehead atoms. The van der Waals surface area contributed by atoms with Gasteiger partial charge in [0.15, 0.2) is 0 Å². The van der Waals surface area contributed by atoms with Crippen LogP contribution in [0.5, 0.6) is 0 Å². The molecule has 7 heteroatoms. The van der Waals surface area contributed by atoms with Crippen molar-refractivity contribution in [3.63, 3.8) is 0 Å². The molecule has 2 amide bonds. The highest BCUT2D eigenvalue weighted by atomic mass is 35.5. The summed E-state index contributed by atoms with van der Waals surface area (Å²) >= 11 is 6.91. The lowest BCUT2D eigenvalue weighted by molar-refractivity contribution is 0.0428. The second-order valence-electron chi connectivity index (χ2n) is 4.03. The number of amides is 2. The Hall–Kier alpha value is -1.27. The summed E-state index contributed by atoms with van der Waals surface area (Å²) in [6.45, 7) is 0.805.